The zero-order valence-corrected chi connectivity index (χ0v) is 13.4. The molecule has 2 aromatic rings. The summed E-state index contributed by atoms with van der Waals surface area (Å²) in [6.45, 7) is 0.838. The van der Waals surface area contributed by atoms with Crippen LogP contribution in [-0.2, 0) is 13.6 Å². The molecule has 1 aromatic heterocycles. The first-order valence-corrected chi connectivity index (χ1v) is 8.05. The summed E-state index contributed by atoms with van der Waals surface area (Å²) >= 11 is 5.01. The van der Waals surface area contributed by atoms with Crippen LogP contribution in [0.5, 0.6) is 0 Å². The molecule has 0 unspecified atom stereocenters. The van der Waals surface area contributed by atoms with Gasteiger partial charge in [-0.15, -0.1) is 5.10 Å². The van der Waals surface area contributed by atoms with Crippen LogP contribution in [0.2, 0.25) is 0 Å². The smallest absolute Gasteiger partial charge is 0.310 e. The van der Waals surface area contributed by atoms with Crippen LogP contribution in [0.3, 0.4) is 0 Å². The van der Waals surface area contributed by atoms with Gasteiger partial charge in [-0.3, -0.25) is 4.57 Å². The topological polar surface area (TPSA) is 62.7 Å². The number of rotatable bonds is 5. The van der Waals surface area contributed by atoms with E-state index < -0.39 is 0 Å². The molecule has 1 saturated carbocycles. The van der Waals surface area contributed by atoms with E-state index in [9.17, 15) is 4.79 Å². The van der Waals surface area contributed by atoms with E-state index in [1.165, 1.54) is 34.7 Å². The molecule has 0 bridgehead atoms. The third kappa shape index (κ3) is 3.16. The van der Waals surface area contributed by atoms with E-state index in [1.807, 2.05) is 6.07 Å². The third-order valence-electron chi connectivity index (χ3n) is 3.22. The van der Waals surface area contributed by atoms with Crippen molar-refractivity contribution in [1.82, 2.24) is 20.1 Å². The number of hydrogen-bond donors (Lipinski definition) is 2. The number of nitrogens with zero attached hydrogens (tertiary/aromatic N) is 2. The minimum atomic E-state index is -0.192. The fraction of sp³-hybridized carbons (Fsp3) is 0.385. The highest BCUT2D eigenvalue weighted by atomic mass is 79.9. The average Bonchev–Trinajstić information content (AvgIpc) is 3.21. The summed E-state index contributed by atoms with van der Waals surface area (Å²) < 4.78 is 2.58. The van der Waals surface area contributed by atoms with Gasteiger partial charge >= 0.3 is 5.69 Å². The lowest BCUT2D eigenvalue weighted by Gasteiger charge is -2.10. The first-order valence-electron chi connectivity index (χ1n) is 6.44. The van der Waals surface area contributed by atoms with Gasteiger partial charge in [0.05, 0.1) is 0 Å². The Morgan fingerprint density at radius 1 is 1.55 bits per heavy atom. The summed E-state index contributed by atoms with van der Waals surface area (Å²) in [6, 6.07) is 6.84. The first kappa shape index (κ1) is 13.9. The highest BCUT2D eigenvalue weighted by Gasteiger charge is 2.20. The number of aromatic amines is 1. The second-order valence-corrected chi connectivity index (χ2v) is 6.80. The minimum absolute atomic E-state index is 0.192. The molecule has 2 N–H and O–H groups in total. The van der Waals surface area contributed by atoms with Gasteiger partial charge in [0.1, 0.15) is 0 Å². The van der Waals surface area contributed by atoms with Gasteiger partial charge in [0, 0.05) is 29.0 Å². The van der Waals surface area contributed by atoms with E-state index in [2.05, 4.69) is 43.6 Å². The van der Waals surface area contributed by atoms with Crippen molar-refractivity contribution in [2.45, 2.75) is 35.5 Å². The molecule has 0 radical (unpaired) electrons. The zero-order valence-electron chi connectivity index (χ0n) is 11.0. The predicted molar refractivity (Wildman–Crippen MR) is 82.0 cm³/mol. The van der Waals surface area contributed by atoms with Crippen molar-refractivity contribution < 1.29 is 0 Å². The van der Waals surface area contributed by atoms with Crippen LogP contribution in [0.15, 0.2) is 37.5 Å². The van der Waals surface area contributed by atoms with Gasteiger partial charge < -0.3 is 5.32 Å². The second kappa shape index (κ2) is 5.75. The van der Waals surface area contributed by atoms with Gasteiger partial charge in [0.2, 0.25) is 0 Å². The maximum Gasteiger partial charge on any atom is 0.343 e. The van der Waals surface area contributed by atoms with Gasteiger partial charge in [-0.05, 0) is 48.4 Å². The maximum absolute atomic E-state index is 11.4. The summed E-state index contributed by atoms with van der Waals surface area (Å²) in [4.78, 5) is 12.5. The Hall–Kier alpha value is -1.05. The Bertz CT molecular complexity index is 677. The van der Waals surface area contributed by atoms with E-state index >= 15 is 0 Å². The molecule has 106 valence electrons. The lowest BCUT2D eigenvalue weighted by atomic mass is 10.2. The van der Waals surface area contributed by atoms with Gasteiger partial charge in [0.15, 0.2) is 5.16 Å². The third-order valence-corrected chi connectivity index (χ3v) is 4.88. The lowest BCUT2D eigenvalue weighted by Crippen LogP contribution is -2.16. The van der Waals surface area contributed by atoms with E-state index in [4.69, 9.17) is 0 Å². The molecule has 1 aliphatic rings. The molecule has 0 spiro atoms. The van der Waals surface area contributed by atoms with Crippen LogP contribution < -0.4 is 11.0 Å². The highest BCUT2D eigenvalue weighted by molar-refractivity contribution is 9.10. The van der Waals surface area contributed by atoms with Crippen LogP contribution in [-0.4, -0.2) is 20.8 Å². The van der Waals surface area contributed by atoms with Crippen molar-refractivity contribution >= 4 is 27.7 Å². The Balaban J connectivity index is 1.83. The molecule has 1 fully saturated rings. The summed E-state index contributed by atoms with van der Waals surface area (Å²) in [6.07, 6.45) is 2.54. The van der Waals surface area contributed by atoms with E-state index in [0.717, 1.165) is 15.9 Å². The Labute approximate surface area is 129 Å². The quantitative estimate of drug-likeness (QED) is 0.864. The average molecular weight is 355 g/mol. The molecule has 1 aromatic carbocycles. The van der Waals surface area contributed by atoms with Crippen molar-refractivity contribution in [3.8, 4) is 0 Å². The molecular formula is C13H15BrN4OS. The Morgan fingerprint density at radius 3 is 3.00 bits per heavy atom. The number of halogens is 1. The zero-order chi connectivity index (χ0) is 14.1. The minimum Gasteiger partial charge on any atom is -0.310 e. The van der Waals surface area contributed by atoms with Crippen LogP contribution in [0, 0.1) is 0 Å². The van der Waals surface area contributed by atoms with Gasteiger partial charge in [0.25, 0.3) is 0 Å². The van der Waals surface area contributed by atoms with Crippen LogP contribution in [0.1, 0.15) is 18.4 Å². The van der Waals surface area contributed by atoms with E-state index in [-0.39, 0.29) is 5.69 Å². The maximum atomic E-state index is 11.4. The van der Waals surface area contributed by atoms with E-state index in [0.29, 0.717) is 11.2 Å². The largest absolute Gasteiger partial charge is 0.343 e. The summed E-state index contributed by atoms with van der Waals surface area (Å²) in [5.41, 5.74) is 1.02. The monoisotopic (exact) mass is 354 g/mol. The van der Waals surface area contributed by atoms with Crippen molar-refractivity contribution in [1.29, 1.82) is 0 Å². The van der Waals surface area contributed by atoms with Gasteiger partial charge in [-0.1, -0.05) is 15.9 Å². The fourth-order valence-electron chi connectivity index (χ4n) is 1.85. The molecule has 0 aliphatic heterocycles. The summed E-state index contributed by atoms with van der Waals surface area (Å²) in [7, 11) is 1.72. The fourth-order valence-corrected chi connectivity index (χ4v) is 3.16. The number of nitrogens with one attached hydrogen (secondary N) is 2. The Kier molecular flexibility index (Phi) is 4.00. The summed E-state index contributed by atoms with van der Waals surface area (Å²) in [5.74, 6) is 0. The van der Waals surface area contributed by atoms with Crippen LogP contribution in [0.25, 0.3) is 0 Å². The molecule has 0 amide bonds. The molecule has 20 heavy (non-hydrogen) atoms. The van der Waals surface area contributed by atoms with Crippen molar-refractivity contribution in [2.75, 3.05) is 0 Å². The lowest BCUT2D eigenvalue weighted by molar-refractivity contribution is 0.679. The molecule has 0 atom stereocenters. The van der Waals surface area contributed by atoms with Crippen LogP contribution >= 0.6 is 27.7 Å². The Morgan fingerprint density at radius 2 is 2.35 bits per heavy atom. The van der Waals surface area contributed by atoms with Crippen molar-refractivity contribution in [3.63, 3.8) is 0 Å². The SMILES string of the molecule is Cn1c(Sc2ccc(Br)cc2CNC2CC2)n[nH]c1=O. The number of aromatic nitrogens is 3. The normalized spacial score (nSPS) is 14.7. The highest BCUT2D eigenvalue weighted by Crippen LogP contribution is 2.31. The van der Waals surface area contributed by atoms with Crippen molar-refractivity contribution in [2.24, 2.45) is 7.05 Å². The number of H-pyrrole nitrogens is 1. The van der Waals surface area contributed by atoms with Crippen molar-refractivity contribution in [3.05, 3.63) is 38.7 Å². The molecular weight excluding hydrogens is 340 g/mol. The molecule has 3 rings (SSSR count). The van der Waals surface area contributed by atoms with E-state index in [1.54, 1.807) is 7.05 Å². The first-order chi connectivity index (χ1) is 9.63. The van der Waals surface area contributed by atoms with Gasteiger partial charge in [-0.25, -0.2) is 9.89 Å². The predicted octanol–water partition coefficient (Wildman–Crippen LogP) is 2.27. The van der Waals surface area contributed by atoms with Gasteiger partial charge in [-0.2, -0.15) is 0 Å². The molecule has 0 saturated heterocycles. The molecule has 7 heteroatoms. The molecule has 1 aliphatic carbocycles. The molecule has 1 heterocycles. The second-order valence-electron chi connectivity index (χ2n) is 4.88. The van der Waals surface area contributed by atoms with Crippen LogP contribution in [0.4, 0.5) is 0 Å². The molecule has 5 nitrogen and oxygen atoms in total. The number of benzene rings is 1. The standard InChI is InChI=1S/C13H15BrN4OS/c1-18-12(19)16-17-13(18)20-11-5-2-9(14)6-8(11)7-15-10-3-4-10/h2,5-6,10,15H,3-4,7H2,1H3,(H,16,19). The summed E-state index contributed by atoms with van der Waals surface area (Å²) in [5, 5.41) is 10.7. The number of hydrogen-bond acceptors (Lipinski definition) is 4.